The van der Waals surface area contributed by atoms with Crippen molar-refractivity contribution in [2.45, 2.75) is 53.2 Å². The minimum atomic E-state index is 0.0936. The Labute approximate surface area is 126 Å². The van der Waals surface area contributed by atoms with Crippen LogP contribution in [-0.2, 0) is 13.1 Å². The topological polar surface area (TPSA) is 52.0 Å². The zero-order chi connectivity index (χ0) is 15.5. The summed E-state index contributed by atoms with van der Waals surface area (Å²) >= 11 is 0. The lowest BCUT2D eigenvalue weighted by Crippen LogP contribution is -2.35. The standard InChI is InChI=1S/C16H24N4O/c1-6-20-11-14(10-18-20)21-15-8-7-13(12(2)19-15)9-17-16(3,4)5/h7-8,10-11,17H,6,9H2,1-5H3. The number of hydrogen-bond donors (Lipinski definition) is 1. The molecular weight excluding hydrogens is 264 g/mol. The second-order valence-electron chi connectivity index (χ2n) is 6.13. The Morgan fingerprint density at radius 3 is 2.62 bits per heavy atom. The third kappa shape index (κ3) is 4.56. The minimum Gasteiger partial charge on any atom is -0.436 e. The lowest BCUT2D eigenvalue weighted by Gasteiger charge is -2.21. The van der Waals surface area contributed by atoms with Gasteiger partial charge in [0, 0.05) is 30.4 Å². The van der Waals surface area contributed by atoms with Crippen molar-refractivity contribution in [2.24, 2.45) is 0 Å². The van der Waals surface area contributed by atoms with E-state index in [4.69, 9.17) is 4.74 Å². The Morgan fingerprint density at radius 1 is 1.29 bits per heavy atom. The van der Waals surface area contributed by atoms with E-state index in [2.05, 4.69) is 42.2 Å². The van der Waals surface area contributed by atoms with Gasteiger partial charge in [-0.25, -0.2) is 4.98 Å². The van der Waals surface area contributed by atoms with Gasteiger partial charge >= 0.3 is 0 Å². The van der Waals surface area contributed by atoms with Gasteiger partial charge in [0.1, 0.15) is 0 Å². The van der Waals surface area contributed by atoms with E-state index in [-0.39, 0.29) is 5.54 Å². The van der Waals surface area contributed by atoms with Gasteiger partial charge in [0.05, 0.1) is 12.4 Å². The third-order valence-electron chi connectivity index (χ3n) is 3.13. The summed E-state index contributed by atoms with van der Waals surface area (Å²) in [5.41, 5.74) is 2.25. The first-order valence-corrected chi connectivity index (χ1v) is 7.29. The van der Waals surface area contributed by atoms with Gasteiger partial charge in [0.2, 0.25) is 5.88 Å². The van der Waals surface area contributed by atoms with Crippen molar-refractivity contribution in [2.75, 3.05) is 0 Å². The molecule has 5 heteroatoms. The second-order valence-corrected chi connectivity index (χ2v) is 6.13. The number of rotatable bonds is 5. The molecule has 0 bridgehead atoms. The van der Waals surface area contributed by atoms with Gasteiger partial charge in [0.25, 0.3) is 0 Å². The van der Waals surface area contributed by atoms with Crippen molar-refractivity contribution in [3.8, 4) is 11.6 Å². The predicted molar refractivity (Wildman–Crippen MR) is 83.5 cm³/mol. The fourth-order valence-electron chi connectivity index (χ4n) is 1.86. The summed E-state index contributed by atoms with van der Waals surface area (Å²) in [7, 11) is 0. The van der Waals surface area contributed by atoms with Crippen LogP contribution in [0.2, 0.25) is 0 Å². The first-order chi connectivity index (χ1) is 9.87. The molecular formula is C16H24N4O. The lowest BCUT2D eigenvalue weighted by molar-refractivity contribution is 0.422. The van der Waals surface area contributed by atoms with Gasteiger partial charge in [-0.2, -0.15) is 5.10 Å². The maximum atomic E-state index is 5.73. The number of nitrogens with one attached hydrogen (secondary N) is 1. The quantitative estimate of drug-likeness (QED) is 0.917. The highest BCUT2D eigenvalue weighted by Gasteiger charge is 2.10. The summed E-state index contributed by atoms with van der Waals surface area (Å²) in [5, 5.41) is 7.65. The zero-order valence-corrected chi connectivity index (χ0v) is 13.5. The van der Waals surface area contributed by atoms with Crippen molar-refractivity contribution in [1.82, 2.24) is 20.1 Å². The summed E-state index contributed by atoms with van der Waals surface area (Å²) in [6, 6.07) is 3.95. The monoisotopic (exact) mass is 288 g/mol. The Kier molecular flexibility index (Phi) is 4.63. The Hall–Kier alpha value is -1.88. The third-order valence-corrected chi connectivity index (χ3v) is 3.13. The number of pyridine rings is 1. The highest BCUT2D eigenvalue weighted by molar-refractivity contribution is 5.28. The van der Waals surface area contributed by atoms with E-state index >= 15 is 0 Å². The van der Waals surface area contributed by atoms with E-state index in [0.29, 0.717) is 11.6 Å². The molecule has 0 aromatic carbocycles. The van der Waals surface area contributed by atoms with Crippen LogP contribution in [0.4, 0.5) is 0 Å². The lowest BCUT2D eigenvalue weighted by atomic mass is 10.1. The van der Waals surface area contributed by atoms with E-state index < -0.39 is 0 Å². The van der Waals surface area contributed by atoms with Crippen molar-refractivity contribution in [3.05, 3.63) is 35.8 Å². The summed E-state index contributed by atoms with van der Waals surface area (Å²) in [4.78, 5) is 4.50. The highest BCUT2D eigenvalue weighted by Crippen LogP contribution is 2.20. The minimum absolute atomic E-state index is 0.0936. The van der Waals surface area contributed by atoms with E-state index in [1.54, 1.807) is 6.20 Å². The van der Waals surface area contributed by atoms with Crippen LogP contribution in [0, 0.1) is 6.92 Å². The zero-order valence-electron chi connectivity index (χ0n) is 13.5. The summed E-state index contributed by atoms with van der Waals surface area (Å²) < 4.78 is 7.55. The molecule has 0 aliphatic carbocycles. The summed E-state index contributed by atoms with van der Waals surface area (Å²) in [6.45, 7) is 12.1. The highest BCUT2D eigenvalue weighted by atomic mass is 16.5. The molecule has 0 amide bonds. The maximum absolute atomic E-state index is 5.73. The molecule has 5 nitrogen and oxygen atoms in total. The van der Waals surface area contributed by atoms with Crippen LogP contribution < -0.4 is 10.1 Å². The molecule has 0 saturated heterocycles. The van der Waals surface area contributed by atoms with Crippen LogP contribution in [0.1, 0.15) is 39.0 Å². The van der Waals surface area contributed by atoms with Gasteiger partial charge in [-0.3, -0.25) is 4.68 Å². The first-order valence-electron chi connectivity index (χ1n) is 7.29. The van der Waals surface area contributed by atoms with Crippen molar-refractivity contribution >= 4 is 0 Å². The van der Waals surface area contributed by atoms with Gasteiger partial charge in [-0.1, -0.05) is 6.07 Å². The van der Waals surface area contributed by atoms with Crippen LogP contribution in [0.3, 0.4) is 0 Å². The van der Waals surface area contributed by atoms with E-state index in [9.17, 15) is 0 Å². The van der Waals surface area contributed by atoms with Crippen LogP contribution in [0.25, 0.3) is 0 Å². The molecule has 0 aliphatic rings. The summed E-state index contributed by atoms with van der Waals surface area (Å²) in [6.07, 6.45) is 3.57. The number of ether oxygens (including phenoxy) is 1. The van der Waals surface area contributed by atoms with Crippen LogP contribution in [-0.4, -0.2) is 20.3 Å². The van der Waals surface area contributed by atoms with Gasteiger partial charge in [-0.05, 0) is 40.2 Å². The molecule has 0 saturated carbocycles. The Balaban J connectivity index is 2.04. The molecule has 0 atom stereocenters. The Morgan fingerprint density at radius 2 is 2.05 bits per heavy atom. The van der Waals surface area contributed by atoms with E-state index in [1.807, 2.05) is 30.8 Å². The van der Waals surface area contributed by atoms with Crippen LogP contribution >= 0.6 is 0 Å². The fraction of sp³-hybridized carbons (Fsp3) is 0.500. The second kappa shape index (κ2) is 6.26. The molecule has 2 aromatic rings. The number of aryl methyl sites for hydroxylation is 2. The molecule has 0 radical (unpaired) electrons. The smallest absolute Gasteiger partial charge is 0.219 e. The first kappa shape index (κ1) is 15.5. The molecule has 0 unspecified atom stereocenters. The average molecular weight is 288 g/mol. The van der Waals surface area contributed by atoms with Gasteiger partial charge in [-0.15, -0.1) is 0 Å². The molecule has 0 fully saturated rings. The fourth-order valence-corrected chi connectivity index (χ4v) is 1.86. The Bertz CT molecular complexity index is 599. The molecule has 2 heterocycles. The van der Waals surface area contributed by atoms with Crippen molar-refractivity contribution in [3.63, 3.8) is 0 Å². The van der Waals surface area contributed by atoms with Gasteiger partial charge in [0.15, 0.2) is 5.75 Å². The molecule has 2 aromatic heterocycles. The molecule has 114 valence electrons. The number of nitrogens with zero attached hydrogens (tertiary/aromatic N) is 3. The molecule has 0 aliphatic heterocycles. The van der Waals surface area contributed by atoms with Crippen LogP contribution in [0.5, 0.6) is 11.6 Å². The molecule has 2 rings (SSSR count). The number of hydrogen-bond acceptors (Lipinski definition) is 4. The van der Waals surface area contributed by atoms with E-state index in [1.165, 1.54) is 5.56 Å². The van der Waals surface area contributed by atoms with Gasteiger partial charge < -0.3 is 10.1 Å². The van der Waals surface area contributed by atoms with Crippen molar-refractivity contribution in [1.29, 1.82) is 0 Å². The van der Waals surface area contributed by atoms with E-state index in [0.717, 1.165) is 18.8 Å². The summed E-state index contributed by atoms with van der Waals surface area (Å²) in [5.74, 6) is 1.31. The van der Waals surface area contributed by atoms with Crippen LogP contribution in [0.15, 0.2) is 24.5 Å². The normalized spacial score (nSPS) is 11.7. The SMILES string of the molecule is CCn1cc(Oc2ccc(CNC(C)(C)C)c(C)n2)cn1. The largest absolute Gasteiger partial charge is 0.436 e. The molecule has 1 N–H and O–H groups in total. The average Bonchev–Trinajstić information content (AvgIpc) is 2.84. The van der Waals surface area contributed by atoms with Crippen molar-refractivity contribution < 1.29 is 4.74 Å². The molecule has 0 spiro atoms. The predicted octanol–water partition coefficient (Wildman–Crippen LogP) is 3.29. The molecule has 21 heavy (non-hydrogen) atoms. The number of aromatic nitrogens is 3. The maximum Gasteiger partial charge on any atom is 0.219 e.